The summed E-state index contributed by atoms with van der Waals surface area (Å²) in [5.74, 6) is 6.96. The molecule has 102 valence electrons. The first-order chi connectivity index (χ1) is 9.00. The van der Waals surface area contributed by atoms with Gasteiger partial charge >= 0.3 is 0 Å². The van der Waals surface area contributed by atoms with Gasteiger partial charge in [-0.05, 0) is 0 Å². The Morgan fingerprint density at radius 2 is 1.89 bits per heavy atom. The maximum Gasteiger partial charge on any atom is 0.161 e. The lowest BCUT2D eigenvalue weighted by Crippen LogP contribution is -2.14. The average Bonchev–Trinajstić information content (AvgIpc) is 2.38. The zero-order valence-electron chi connectivity index (χ0n) is 11.9. The highest BCUT2D eigenvalue weighted by atomic mass is 16.5. The molecule has 1 rings (SSSR count). The van der Waals surface area contributed by atoms with Crippen molar-refractivity contribution in [3.63, 3.8) is 0 Å². The van der Waals surface area contributed by atoms with E-state index in [0.29, 0.717) is 5.92 Å². The van der Waals surface area contributed by atoms with Crippen molar-refractivity contribution in [2.75, 3.05) is 13.2 Å². The Morgan fingerprint density at radius 3 is 2.42 bits per heavy atom. The number of hydrogen-bond acceptors (Lipinski definition) is 4. The number of hydrogen-bond donors (Lipinski definition) is 0. The molecule has 19 heavy (non-hydrogen) atoms. The topological polar surface area (TPSA) is 52.1 Å². The minimum Gasteiger partial charge on any atom is -0.361 e. The summed E-state index contributed by atoms with van der Waals surface area (Å²) in [5, 5.41) is 0. The van der Waals surface area contributed by atoms with Gasteiger partial charge < -0.3 is 4.74 Å². The first-order valence-corrected chi connectivity index (χ1v) is 6.42. The minimum atomic E-state index is 0.00457. The molecule has 0 saturated carbocycles. The van der Waals surface area contributed by atoms with E-state index >= 15 is 0 Å². The first-order valence-electron chi connectivity index (χ1n) is 6.42. The number of ketones is 1. The number of carbonyl (C=O) groups is 1. The highest BCUT2D eigenvalue weighted by molar-refractivity contribution is 5.81. The largest absolute Gasteiger partial charge is 0.361 e. The molecule has 0 bridgehead atoms. The Labute approximate surface area is 114 Å². The van der Waals surface area contributed by atoms with Gasteiger partial charge in [0.25, 0.3) is 0 Å². The van der Waals surface area contributed by atoms with Crippen LogP contribution >= 0.6 is 0 Å². The molecule has 0 amide bonds. The van der Waals surface area contributed by atoms with E-state index in [0.717, 1.165) is 11.4 Å². The van der Waals surface area contributed by atoms with Crippen LogP contribution in [0.3, 0.4) is 0 Å². The van der Waals surface area contributed by atoms with Gasteiger partial charge in [0.05, 0.1) is 5.56 Å². The minimum absolute atomic E-state index is 0.00457. The number of ether oxygens (including phenoxy) is 1. The van der Waals surface area contributed by atoms with Crippen LogP contribution in [-0.2, 0) is 9.53 Å². The van der Waals surface area contributed by atoms with Crippen molar-refractivity contribution in [1.82, 2.24) is 9.97 Å². The van der Waals surface area contributed by atoms with Crippen LogP contribution in [0, 0.1) is 17.8 Å². The standard InChI is InChI=1S/C15H20N2O2/c1-11(2)14(18)10-19-7-5-6-13-8-16-15(12(3)4)17-9-13/h8-9,11-12H,7,10H2,1-4H3. The molecule has 0 aromatic carbocycles. The van der Waals surface area contributed by atoms with Crippen molar-refractivity contribution in [2.45, 2.75) is 33.6 Å². The molecule has 1 aromatic heterocycles. The fourth-order valence-electron chi connectivity index (χ4n) is 1.21. The van der Waals surface area contributed by atoms with E-state index in [2.05, 4.69) is 21.8 Å². The third kappa shape index (κ3) is 5.62. The van der Waals surface area contributed by atoms with Crippen LogP contribution < -0.4 is 0 Å². The van der Waals surface area contributed by atoms with Crippen molar-refractivity contribution in [1.29, 1.82) is 0 Å². The van der Waals surface area contributed by atoms with Crippen LogP contribution in [0.5, 0.6) is 0 Å². The molecule has 4 nitrogen and oxygen atoms in total. The second-order valence-corrected chi connectivity index (χ2v) is 4.90. The van der Waals surface area contributed by atoms with Crippen molar-refractivity contribution >= 4 is 5.78 Å². The fraction of sp³-hybridized carbons (Fsp3) is 0.533. The smallest absolute Gasteiger partial charge is 0.161 e. The van der Waals surface area contributed by atoms with Gasteiger partial charge in [0.15, 0.2) is 5.78 Å². The average molecular weight is 260 g/mol. The van der Waals surface area contributed by atoms with E-state index in [1.807, 2.05) is 27.7 Å². The van der Waals surface area contributed by atoms with Crippen LogP contribution in [0.15, 0.2) is 12.4 Å². The molecule has 0 aliphatic carbocycles. The summed E-state index contributed by atoms with van der Waals surface area (Å²) in [6.07, 6.45) is 3.41. The van der Waals surface area contributed by atoms with E-state index in [1.165, 1.54) is 0 Å². The van der Waals surface area contributed by atoms with Crippen molar-refractivity contribution in [3.05, 3.63) is 23.8 Å². The highest BCUT2D eigenvalue weighted by Gasteiger charge is 2.05. The molecular formula is C15H20N2O2. The molecule has 0 fully saturated rings. The van der Waals surface area contributed by atoms with Crippen molar-refractivity contribution < 1.29 is 9.53 Å². The normalized spacial score (nSPS) is 10.4. The maximum atomic E-state index is 11.3. The molecular weight excluding hydrogens is 240 g/mol. The van der Waals surface area contributed by atoms with Crippen LogP contribution in [-0.4, -0.2) is 29.0 Å². The lowest BCUT2D eigenvalue weighted by Gasteiger charge is -2.02. The highest BCUT2D eigenvalue weighted by Crippen LogP contribution is 2.06. The molecule has 0 aliphatic heterocycles. The molecule has 0 radical (unpaired) electrons. The monoisotopic (exact) mass is 260 g/mol. The van der Waals surface area contributed by atoms with Crippen molar-refractivity contribution in [3.8, 4) is 11.8 Å². The second-order valence-electron chi connectivity index (χ2n) is 4.90. The number of rotatable bonds is 5. The number of aromatic nitrogens is 2. The van der Waals surface area contributed by atoms with Gasteiger partial charge in [-0.15, -0.1) is 0 Å². The van der Waals surface area contributed by atoms with E-state index in [9.17, 15) is 4.79 Å². The number of carbonyl (C=O) groups excluding carboxylic acids is 1. The number of nitrogens with zero attached hydrogens (tertiary/aromatic N) is 2. The molecule has 4 heteroatoms. The Kier molecular flexibility index (Phi) is 6.17. The summed E-state index contributed by atoms with van der Waals surface area (Å²) in [6, 6.07) is 0. The predicted octanol–water partition coefficient (Wildman–Crippen LogP) is 2.19. The second kappa shape index (κ2) is 7.65. The molecule has 0 N–H and O–H groups in total. The summed E-state index contributed by atoms with van der Waals surface area (Å²) >= 11 is 0. The SMILES string of the molecule is CC(C)C(=O)COCC#Cc1cnc(C(C)C)nc1. The fourth-order valence-corrected chi connectivity index (χ4v) is 1.21. The summed E-state index contributed by atoms with van der Waals surface area (Å²) in [6.45, 7) is 8.15. The quantitative estimate of drug-likeness (QED) is 0.601. The Bertz CT molecular complexity index is 467. The Balaban J connectivity index is 2.40. The number of Topliss-reactive ketones (excluding diaryl/α,β-unsaturated/α-hetero) is 1. The van der Waals surface area contributed by atoms with Gasteiger partial charge in [0.1, 0.15) is 19.0 Å². The Hall–Kier alpha value is -1.73. The lowest BCUT2D eigenvalue weighted by molar-refractivity contribution is -0.126. The van der Waals surface area contributed by atoms with Crippen LogP contribution in [0.2, 0.25) is 0 Å². The van der Waals surface area contributed by atoms with Crippen molar-refractivity contribution in [2.24, 2.45) is 5.92 Å². The van der Waals surface area contributed by atoms with E-state index in [-0.39, 0.29) is 24.9 Å². The van der Waals surface area contributed by atoms with Crippen LogP contribution in [0.1, 0.15) is 45.0 Å². The van der Waals surface area contributed by atoms with Gasteiger partial charge in [-0.2, -0.15) is 0 Å². The van der Waals surface area contributed by atoms with E-state index < -0.39 is 0 Å². The van der Waals surface area contributed by atoms with Gasteiger partial charge in [0.2, 0.25) is 0 Å². The molecule has 1 heterocycles. The Morgan fingerprint density at radius 1 is 1.26 bits per heavy atom. The summed E-state index contributed by atoms with van der Waals surface area (Å²) in [4.78, 5) is 19.7. The predicted molar refractivity (Wildman–Crippen MR) is 73.7 cm³/mol. The summed E-state index contributed by atoms with van der Waals surface area (Å²) in [7, 11) is 0. The molecule has 0 aliphatic rings. The lowest BCUT2D eigenvalue weighted by atomic mass is 10.1. The molecule has 0 saturated heterocycles. The maximum absolute atomic E-state index is 11.3. The first kappa shape index (κ1) is 15.3. The van der Waals surface area contributed by atoms with Crippen LogP contribution in [0.25, 0.3) is 0 Å². The molecule has 0 spiro atoms. The van der Waals surface area contributed by atoms with E-state index in [4.69, 9.17) is 4.74 Å². The zero-order valence-corrected chi connectivity index (χ0v) is 11.9. The summed E-state index contributed by atoms with van der Waals surface area (Å²) < 4.78 is 5.18. The van der Waals surface area contributed by atoms with Gasteiger partial charge in [0, 0.05) is 24.2 Å². The van der Waals surface area contributed by atoms with E-state index in [1.54, 1.807) is 12.4 Å². The third-order valence-electron chi connectivity index (χ3n) is 2.48. The van der Waals surface area contributed by atoms with Crippen LogP contribution in [0.4, 0.5) is 0 Å². The van der Waals surface area contributed by atoms with Gasteiger partial charge in [-0.25, -0.2) is 9.97 Å². The van der Waals surface area contributed by atoms with Gasteiger partial charge in [-0.3, -0.25) is 4.79 Å². The molecule has 0 atom stereocenters. The third-order valence-corrected chi connectivity index (χ3v) is 2.48. The molecule has 1 aromatic rings. The summed E-state index contributed by atoms with van der Waals surface area (Å²) in [5.41, 5.74) is 0.753. The van der Waals surface area contributed by atoms with Gasteiger partial charge in [-0.1, -0.05) is 39.5 Å². The zero-order chi connectivity index (χ0) is 14.3. The molecule has 0 unspecified atom stereocenters.